The zero-order chi connectivity index (χ0) is 9.14. The number of halogens is 3. The molecule has 1 aromatic carbocycles. The van der Waals surface area contributed by atoms with Crippen molar-refractivity contribution in [3.8, 4) is 0 Å². The van der Waals surface area contributed by atoms with Crippen LogP contribution in [0.2, 0.25) is 0 Å². The second-order valence-electron chi connectivity index (χ2n) is 2.43. The van der Waals surface area contributed by atoms with Crippen LogP contribution in [0.15, 0.2) is 22.7 Å². The molecule has 0 spiro atoms. The molecular formula is C8H8BrClFN. The maximum absolute atomic E-state index is 13.0. The van der Waals surface area contributed by atoms with E-state index in [9.17, 15) is 4.39 Å². The number of rotatable bonds is 2. The summed E-state index contributed by atoms with van der Waals surface area (Å²) in [6, 6.07) is 4.19. The Balaban J connectivity index is 3.04. The molecule has 0 fully saturated rings. The summed E-state index contributed by atoms with van der Waals surface area (Å²) >= 11 is 8.73. The third kappa shape index (κ3) is 2.19. The first-order valence-corrected chi connectivity index (χ1v) is 4.74. The molecule has 12 heavy (non-hydrogen) atoms. The van der Waals surface area contributed by atoms with Gasteiger partial charge in [0.05, 0.1) is 0 Å². The molecule has 0 bridgehead atoms. The van der Waals surface area contributed by atoms with Crippen LogP contribution >= 0.6 is 27.5 Å². The summed E-state index contributed by atoms with van der Waals surface area (Å²) in [5.74, 6) is -0.0979. The van der Waals surface area contributed by atoms with Gasteiger partial charge < -0.3 is 5.73 Å². The molecule has 1 nitrogen and oxygen atoms in total. The van der Waals surface area contributed by atoms with Gasteiger partial charge in [-0.25, -0.2) is 4.39 Å². The lowest BCUT2D eigenvalue weighted by Crippen LogP contribution is -2.13. The van der Waals surface area contributed by atoms with Crippen LogP contribution < -0.4 is 5.73 Å². The van der Waals surface area contributed by atoms with E-state index >= 15 is 0 Å². The Kier molecular flexibility index (Phi) is 3.50. The number of benzene rings is 1. The number of alkyl halides is 1. The van der Waals surface area contributed by atoms with Gasteiger partial charge in [-0.2, -0.15) is 0 Å². The minimum Gasteiger partial charge on any atom is -0.323 e. The molecule has 1 atom stereocenters. The van der Waals surface area contributed by atoms with Crippen LogP contribution in [0.1, 0.15) is 11.6 Å². The molecule has 0 aliphatic heterocycles. The maximum Gasteiger partial charge on any atom is 0.128 e. The van der Waals surface area contributed by atoms with E-state index in [-0.39, 0.29) is 11.7 Å². The normalized spacial score (nSPS) is 13.0. The Bertz CT molecular complexity index is 280. The van der Waals surface area contributed by atoms with Crippen LogP contribution in [0.4, 0.5) is 4.39 Å². The van der Waals surface area contributed by atoms with E-state index in [0.717, 1.165) is 4.47 Å². The van der Waals surface area contributed by atoms with Crippen molar-refractivity contribution in [2.24, 2.45) is 5.73 Å². The van der Waals surface area contributed by atoms with Crippen LogP contribution in [0.5, 0.6) is 0 Å². The summed E-state index contributed by atoms with van der Waals surface area (Å²) < 4.78 is 13.9. The van der Waals surface area contributed by atoms with Gasteiger partial charge in [0.1, 0.15) is 5.82 Å². The van der Waals surface area contributed by atoms with Crippen molar-refractivity contribution in [3.63, 3.8) is 0 Å². The van der Waals surface area contributed by atoms with E-state index in [1.165, 1.54) is 6.07 Å². The van der Waals surface area contributed by atoms with Crippen LogP contribution in [0, 0.1) is 5.82 Å². The predicted molar refractivity (Wildman–Crippen MR) is 51.7 cm³/mol. The highest BCUT2D eigenvalue weighted by Crippen LogP contribution is 2.20. The van der Waals surface area contributed by atoms with Gasteiger partial charge in [0.15, 0.2) is 0 Å². The van der Waals surface area contributed by atoms with E-state index in [0.29, 0.717) is 5.56 Å². The lowest BCUT2D eigenvalue weighted by Gasteiger charge is -2.09. The summed E-state index contributed by atoms with van der Waals surface area (Å²) in [5.41, 5.74) is 6.02. The van der Waals surface area contributed by atoms with Gasteiger partial charge in [-0.1, -0.05) is 15.9 Å². The molecule has 1 rings (SSSR count). The average molecular weight is 253 g/mol. The van der Waals surface area contributed by atoms with Crippen LogP contribution in [0.3, 0.4) is 0 Å². The highest BCUT2D eigenvalue weighted by atomic mass is 79.9. The summed E-state index contributed by atoms with van der Waals surface area (Å²) in [6.45, 7) is 0. The first kappa shape index (κ1) is 9.96. The van der Waals surface area contributed by atoms with E-state index in [1.807, 2.05) is 0 Å². The zero-order valence-electron chi connectivity index (χ0n) is 6.23. The summed E-state index contributed by atoms with van der Waals surface area (Å²) in [6.07, 6.45) is 0. The van der Waals surface area contributed by atoms with Gasteiger partial charge >= 0.3 is 0 Å². The SMILES string of the molecule is NC(CCl)c1cc(Br)ccc1F. The topological polar surface area (TPSA) is 26.0 Å². The Labute approximate surface area is 83.8 Å². The fourth-order valence-electron chi connectivity index (χ4n) is 0.882. The van der Waals surface area contributed by atoms with Gasteiger partial charge in [-0.15, -0.1) is 11.6 Å². The first-order valence-electron chi connectivity index (χ1n) is 3.41. The van der Waals surface area contributed by atoms with Crippen LogP contribution in [-0.2, 0) is 0 Å². The minimum atomic E-state index is -0.441. The molecule has 0 aliphatic carbocycles. The Hall–Kier alpha value is -0.120. The quantitative estimate of drug-likeness (QED) is 0.805. The number of hydrogen-bond acceptors (Lipinski definition) is 1. The molecule has 1 unspecified atom stereocenters. The minimum absolute atomic E-state index is 0.216. The van der Waals surface area contributed by atoms with Crippen molar-refractivity contribution in [2.75, 3.05) is 5.88 Å². The molecular weight excluding hydrogens is 244 g/mol. The molecule has 4 heteroatoms. The lowest BCUT2D eigenvalue weighted by molar-refractivity contribution is 0.594. The van der Waals surface area contributed by atoms with E-state index in [2.05, 4.69) is 15.9 Å². The van der Waals surface area contributed by atoms with Crippen molar-refractivity contribution in [1.29, 1.82) is 0 Å². The second kappa shape index (κ2) is 4.21. The third-order valence-corrected chi connectivity index (χ3v) is 2.35. The number of hydrogen-bond donors (Lipinski definition) is 1. The summed E-state index contributed by atoms with van der Waals surface area (Å²) in [5, 5.41) is 0. The summed E-state index contributed by atoms with van der Waals surface area (Å²) in [7, 11) is 0. The van der Waals surface area contributed by atoms with Crippen molar-refractivity contribution < 1.29 is 4.39 Å². The van der Waals surface area contributed by atoms with Gasteiger partial charge in [0.25, 0.3) is 0 Å². The third-order valence-electron chi connectivity index (χ3n) is 1.52. The first-order chi connectivity index (χ1) is 5.65. The molecule has 0 saturated heterocycles. The Morgan fingerprint density at radius 3 is 2.83 bits per heavy atom. The van der Waals surface area contributed by atoms with E-state index in [1.54, 1.807) is 12.1 Å². The molecule has 2 N–H and O–H groups in total. The van der Waals surface area contributed by atoms with Crippen LogP contribution in [0.25, 0.3) is 0 Å². The van der Waals surface area contributed by atoms with E-state index in [4.69, 9.17) is 17.3 Å². The zero-order valence-corrected chi connectivity index (χ0v) is 8.57. The maximum atomic E-state index is 13.0. The fraction of sp³-hybridized carbons (Fsp3) is 0.250. The largest absolute Gasteiger partial charge is 0.323 e. The predicted octanol–water partition coefficient (Wildman–Crippen LogP) is 2.83. The van der Waals surface area contributed by atoms with Gasteiger partial charge in [-0.3, -0.25) is 0 Å². The van der Waals surface area contributed by atoms with Crippen molar-refractivity contribution in [3.05, 3.63) is 34.1 Å². The molecule has 0 saturated carbocycles. The van der Waals surface area contributed by atoms with Crippen molar-refractivity contribution in [2.45, 2.75) is 6.04 Å². The lowest BCUT2D eigenvalue weighted by atomic mass is 10.1. The molecule has 66 valence electrons. The monoisotopic (exact) mass is 251 g/mol. The van der Waals surface area contributed by atoms with Gasteiger partial charge in [0, 0.05) is 22.0 Å². The highest BCUT2D eigenvalue weighted by molar-refractivity contribution is 9.10. The van der Waals surface area contributed by atoms with E-state index < -0.39 is 6.04 Å². The molecule has 0 amide bonds. The molecule has 0 aliphatic rings. The molecule has 1 aromatic rings. The standard InChI is InChI=1S/C8H8BrClFN/c9-5-1-2-7(11)6(3-5)8(12)4-10/h1-3,8H,4,12H2. The Morgan fingerprint density at radius 1 is 1.58 bits per heavy atom. The van der Waals surface area contributed by atoms with Crippen molar-refractivity contribution >= 4 is 27.5 Å². The fourth-order valence-corrected chi connectivity index (χ4v) is 1.43. The number of nitrogens with two attached hydrogens (primary N) is 1. The average Bonchev–Trinajstić information content (AvgIpc) is 2.08. The molecule has 0 aromatic heterocycles. The molecule has 0 radical (unpaired) electrons. The van der Waals surface area contributed by atoms with Gasteiger partial charge in [0.2, 0.25) is 0 Å². The summed E-state index contributed by atoms with van der Waals surface area (Å²) in [4.78, 5) is 0. The smallest absolute Gasteiger partial charge is 0.128 e. The van der Waals surface area contributed by atoms with Gasteiger partial charge in [-0.05, 0) is 18.2 Å². The Morgan fingerprint density at radius 2 is 2.25 bits per heavy atom. The molecule has 0 heterocycles. The second-order valence-corrected chi connectivity index (χ2v) is 3.65. The van der Waals surface area contributed by atoms with Crippen LogP contribution in [-0.4, -0.2) is 5.88 Å². The highest BCUT2D eigenvalue weighted by Gasteiger charge is 2.09. The van der Waals surface area contributed by atoms with Crippen molar-refractivity contribution in [1.82, 2.24) is 0 Å².